The quantitative estimate of drug-likeness (QED) is 0.810. The van der Waals surface area contributed by atoms with Crippen molar-refractivity contribution in [2.24, 2.45) is 0 Å². The number of ether oxygens (including phenoxy) is 2. The Morgan fingerprint density at radius 2 is 1.96 bits per heavy atom. The van der Waals surface area contributed by atoms with Gasteiger partial charge in [-0.2, -0.15) is 9.97 Å². The first-order chi connectivity index (χ1) is 12.5. The van der Waals surface area contributed by atoms with Crippen LogP contribution >= 0.6 is 11.6 Å². The molecule has 4 rings (SSSR count). The van der Waals surface area contributed by atoms with Crippen LogP contribution in [0.4, 0.5) is 5.82 Å². The van der Waals surface area contributed by atoms with E-state index in [9.17, 15) is 5.11 Å². The van der Waals surface area contributed by atoms with Crippen molar-refractivity contribution in [1.82, 2.24) is 19.5 Å². The standard InChI is InChI=1S/C17H24ClN5O3/c1-3-22-13-12(19-15(22)17(24)4-7-25-8-5-17)14(21-16(18)20-13)23-6-9-26-10-11(23)2/h11,24H,3-10H2,1-2H3. The Bertz CT molecular complexity index is 805. The van der Waals surface area contributed by atoms with Crippen molar-refractivity contribution in [1.29, 1.82) is 0 Å². The highest BCUT2D eigenvalue weighted by Gasteiger charge is 2.38. The maximum Gasteiger partial charge on any atom is 0.226 e. The predicted octanol–water partition coefficient (Wildman–Crippen LogP) is 1.72. The van der Waals surface area contributed by atoms with E-state index in [-0.39, 0.29) is 11.3 Å². The van der Waals surface area contributed by atoms with Gasteiger partial charge in [0.25, 0.3) is 0 Å². The number of imidazole rings is 1. The molecule has 1 atom stereocenters. The minimum atomic E-state index is -1.02. The summed E-state index contributed by atoms with van der Waals surface area (Å²) >= 11 is 6.25. The number of aryl methyl sites for hydroxylation is 1. The van der Waals surface area contributed by atoms with Crippen molar-refractivity contribution in [2.75, 3.05) is 37.9 Å². The second-order valence-electron chi connectivity index (χ2n) is 6.93. The number of nitrogens with zero attached hydrogens (tertiary/aromatic N) is 5. The topological polar surface area (TPSA) is 85.5 Å². The van der Waals surface area contributed by atoms with Crippen molar-refractivity contribution < 1.29 is 14.6 Å². The Labute approximate surface area is 157 Å². The lowest BCUT2D eigenvalue weighted by atomic mass is 9.93. The van der Waals surface area contributed by atoms with Crippen LogP contribution in [0, 0.1) is 0 Å². The molecular weight excluding hydrogens is 358 g/mol. The summed E-state index contributed by atoms with van der Waals surface area (Å²) in [5.74, 6) is 1.33. The molecule has 1 unspecified atom stereocenters. The van der Waals surface area contributed by atoms with Gasteiger partial charge in [0.2, 0.25) is 5.28 Å². The minimum Gasteiger partial charge on any atom is -0.382 e. The average molecular weight is 382 g/mol. The Morgan fingerprint density at radius 1 is 1.19 bits per heavy atom. The van der Waals surface area contributed by atoms with E-state index in [2.05, 4.69) is 21.8 Å². The molecule has 0 aromatic carbocycles. The summed E-state index contributed by atoms with van der Waals surface area (Å²) in [6.07, 6.45) is 1.03. The molecule has 4 heterocycles. The SMILES string of the molecule is CCn1c(C2(O)CCOCC2)nc2c(N3CCOCC3C)nc(Cl)nc21. The molecule has 2 fully saturated rings. The fourth-order valence-corrected chi connectivity index (χ4v) is 3.95. The second kappa shape index (κ2) is 6.92. The zero-order chi connectivity index (χ0) is 18.3. The minimum absolute atomic E-state index is 0.166. The van der Waals surface area contributed by atoms with E-state index in [1.54, 1.807) is 0 Å². The lowest BCUT2D eigenvalue weighted by Gasteiger charge is -2.34. The largest absolute Gasteiger partial charge is 0.382 e. The van der Waals surface area contributed by atoms with Gasteiger partial charge in [0, 0.05) is 39.1 Å². The Kier molecular flexibility index (Phi) is 4.77. The van der Waals surface area contributed by atoms with Crippen LogP contribution in [0.1, 0.15) is 32.5 Å². The molecule has 0 aliphatic carbocycles. The van der Waals surface area contributed by atoms with Crippen LogP contribution in [0.25, 0.3) is 11.2 Å². The van der Waals surface area contributed by atoms with Gasteiger partial charge >= 0.3 is 0 Å². The number of fused-ring (bicyclic) bond motifs is 1. The predicted molar refractivity (Wildman–Crippen MR) is 97.6 cm³/mol. The average Bonchev–Trinajstić information content (AvgIpc) is 3.01. The Hall–Kier alpha value is -1.48. The van der Waals surface area contributed by atoms with Crippen LogP contribution in [0.2, 0.25) is 5.28 Å². The summed E-state index contributed by atoms with van der Waals surface area (Å²) in [5.41, 5.74) is 0.325. The van der Waals surface area contributed by atoms with Gasteiger partial charge in [-0.05, 0) is 25.4 Å². The van der Waals surface area contributed by atoms with E-state index in [1.807, 2.05) is 11.5 Å². The lowest BCUT2D eigenvalue weighted by Crippen LogP contribution is -2.44. The fourth-order valence-electron chi connectivity index (χ4n) is 3.79. The summed E-state index contributed by atoms with van der Waals surface area (Å²) < 4.78 is 12.9. The number of morpholine rings is 1. The van der Waals surface area contributed by atoms with Gasteiger partial charge < -0.3 is 24.0 Å². The molecule has 2 saturated heterocycles. The van der Waals surface area contributed by atoms with Crippen LogP contribution in [0.3, 0.4) is 0 Å². The Morgan fingerprint density at radius 3 is 2.65 bits per heavy atom. The summed E-state index contributed by atoms with van der Waals surface area (Å²) in [6, 6.07) is 0.166. The van der Waals surface area contributed by atoms with Crippen LogP contribution in [-0.2, 0) is 21.6 Å². The van der Waals surface area contributed by atoms with Gasteiger partial charge in [0.05, 0.1) is 19.3 Å². The molecule has 2 aromatic rings. The van der Waals surface area contributed by atoms with Crippen LogP contribution in [0.5, 0.6) is 0 Å². The van der Waals surface area contributed by atoms with E-state index < -0.39 is 5.60 Å². The molecule has 1 N–H and O–H groups in total. The zero-order valence-corrected chi connectivity index (χ0v) is 15.9. The second-order valence-corrected chi connectivity index (χ2v) is 7.27. The van der Waals surface area contributed by atoms with Crippen molar-refractivity contribution in [3.63, 3.8) is 0 Å². The molecule has 26 heavy (non-hydrogen) atoms. The third-order valence-electron chi connectivity index (χ3n) is 5.24. The molecule has 9 heteroatoms. The van der Waals surface area contributed by atoms with Crippen molar-refractivity contribution in [3.05, 3.63) is 11.1 Å². The zero-order valence-electron chi connectivity index (χ0n) is 15.1. The van der Waals surface area contributed by atoms with Gasteiger partial charge in [-0.25, -0.2) is 4.98 Å². The first-order valence-electron chi connectivity index (χ1n) is 9.12. The molecule has 0 saturated carbocycles. The molecule has 142 valence electrons. The van der Waals surface area contributed by atoms with E-state index in [0.29, 0.717) is 68.6 Å². The summed E-state index contributed by atoms with van der Waals surface area (Å²) in [4.78, 5) is 15.9. The van der Waals surface area contributed by atoms with Gasteiger partial charge in [0.1, 0.15) is 11.4 Å². The van der Waals surface area contributed by atoms with E-state index in [1.165, 1.54) is 0 Å². The smallest absolute Gasteiger partial charge is 0.226 e. The van der Waals surface area contributed by atoms with Crippen molar-refractivity contribution in [3.8, 4) is 0 Å². The molecule has 0 spiro atoms. The monoisotopic (exact) mass is 381 g/mol. The van der Waals surface area contributed by atoms with Crippen LogP contribution < -0.4 is 4.90 Å². The molecule has 2 aliphatic rings. The Balaban J connectivity index is 1.89. The highest BCUT2D eigenvalue weighted by Crippen LogP contribution is 2.36. The van der Waals surface area contributed by atoms with Crippen molar-refractivity contribution >= 4 is 28.6 Å². The first-order valence-corrected chi connectivity index (χ1v) is 9.50. The number of halogens is 1. The normalized spacial score (nSPS) is 23.5. The summed E-state index contributed by atoms with van der Waals surface area (Å²) in [7, 11) is 0. The number of hydrogen-bond donors (Lipinski definition) is 1. The number of aromatic nitrogens is 4. The highest BCUT2D eigenvalue weighted by atomic mass is 35.5. The third-order valence-corrected chi connectivity index (χ3v) is 5.41. The fraction of sp³-hybridized carbons (Fsp3) is 0.706. The number of anilines is 1. The van der Waals surface area contributed by atoms with Crippen molar-refractivity contribution in [2.45, 2.75) is 44.9 Å². The first kappa shape index (κ1) is 17.9. The molecule has 0 bridgehead atoms. The number of rotatable bonds is 3. The lowest BCUT2D eigenvalue weighted by molar-refractivity contribution is -0.0749. The summed E-state index contributed by atoms with van der Waals surface area (Å²) in [6.45, 7) is 7.76. The molecule has 0 radical (unpaired) electrons. The van der Waals surface area contributed by atoms with Gasteiger partial charge in [-0.3, -0.25) is 0 Å². The van der Waals surface area contributed by atoms with Crippen LogP contribution in [0.15, 0.2) is 0 Å². The maximum absolute atomic E-state index is 11.2. The molecule has 8 nitrogen and oxygen atoms in total. The summed E-state index contributed by atoms with van der Waals surface area (Å²) in [5, 5.41) is 11.4. The van der Waals surface area contributed by atoms with Gasteiger partial charge in [-0.15, -0.1) is 0 Å². The van der Waals surface area contributed by atoms with Gasteiger partial charge in [-0.1, -0.05) is 0 Å². The van der Waals surface area contributed by atoms with Gasteiger partial charge in [0.15, 0.2) is 17.0 Å². The molecular formula is C17H24ClN5O3. The van der Waals surface area contributed by atoms with E-state index in [4.69, 9.17) is 26.1 Å². The molecule has 2 aliphatic heterocycles. The number of hydrogen-bond acceptors (Lipinski definition) is 7. The third kappa shape index (κ3) is 2.94. The van der Waals surface area contributed by atoms with E-state index in [0.717, 1.165) is 6.54 Å². The number of aliphatic hydroxyl groups is 1. The van der Waals surface area contributed by atoms with Crippen LogP contribution in [-0.4, -0.2) is 63.6 Å². The molecule has 0 amide bonds. The highest BCUT2D eigenvalue weighted by molar-refractivity contribution is 6.28. The molecule has 2 aromatic heterocycles. The maximum atomic E-state index is 11.2. The van der Waals surface area contributed by atoms with E-state index >= 15 is 0 Å².